The molecular weight excluding hydrogens is 570 g/mol. The Hall–Kier alpha value is -7.23. The van der Waals surface area contributed by atoms with E-state index in [1.165, 1.54) is 6.07 Å². The zero-order chi connectivity index (χ0) is 31.9. The summed E-state index contributed by atoms with van der Waals surface area (Å²) >= 11 is 0. The van der Waals surface area contributed by atoms with Crippen LogP contribution < -0.4 is 0 Å². The SMILES string of the molecule is [C-]#[N+]C1=C(c2ccc(F)c(F)c2)/C(=C(/C#N)[N+]#[C-])c2cc3c(c(C#N)c21)/C(=C(/C#N)[N+]#[C-])C(c1ccc(F)c(F)c1)=C3C#N. The molecular formula is C33H7F4N7. The number of benzene rings is 3. The third-order valence-corrected chi connectivity index (χ3v) is 7.00. The van der Waals surface area contributed by atoms with Crippen LogP contribution in [0, 0.1) is 88.3 Å². The Bertz CT molecular complexity index is 2310. The van der Waals surface area contributed by atoms with Gasteiger partial charge >= 0.3 is 0 Å². The van der Waals surface area contributed by atoms with Crippen molar-refractivity contribution in [2.45, 2.75) is 0 Å². The maximum atomic E-state index is 14.4. The van der Waals surface area contributed by atoms with Gasteiger partial charge in [0.25, 0.3) is 11.4 Å². The number of hydrogen-bond acceptors (Lipinski definition) is 4. The fourth-order valence-corrected chi connectivity index (χ4v) is 5.31. The first-order chi connectivity index (χ1) is 21.2. The summed E-state index contributed by atoms with van der Waals surface area (Å²) in [6.45, 7) is 23.2. The highest BCUT2D eigenvalue weighted by Gasteiger charge is 2.40. The number of nitriles is 4. The molecule has 11 heteroatoms. The highest BCUT2D eigenvalue weighted by molar-refractivity contribution is 6.30. The van der Waals surface area contributed by atoms with E-state index in [-0.39, 0.29) is 72.5 Å². The number of fused-ring (bicyclic) bond motifs is 2. The summed E-state index contributed by atoms with van der Waals surface area (Å²) in [4.78, 5) is 10.0. The topological polar surface area (TPSA) is 108 Å². The normalized spacial score (nSPS) is 15.0. The first kappa shape index (κ1) is 28.3. The Labute approximate surface area is 246 Å². The lowest BCUT2D eigenvalue weighted by atomic mass is 9.87. The largest absolute Gasteiger partial charge is 0.270 e. The molecule has 0 spiro atoms. The van der Waals surface area contributed by atoms with Gasteiger partial charge in [-0.2, -0.15) is 10.5 Å². The number of nitrogens with zero attached hydrogens (tertiary/aromatic N) is 7. The molecule has 3 aromatic rings. The zero-order valence-electron chi connectivity index (χ0n) is 21.7. The number of allylic oxidation sites excluding steroid dienone is 7. The molecule has 0 N–H and O–H groups in total. The minimum Gasteiger partial charge on any atom is -0.237 e. The van der Waals surface area contributed by atoms with Crippen LogP contribution in [0.4, 0.5) is 17.6 Å². The monoisotopic (exact) mass is 577 g/mol. The summed E-state index contributed by atoms with van der Waals surface area (Å²) < 4.78 is 56.4. The van der Waals surface area contributed by atoms with Crippen LogP contribution in [-0.4, -0.2) is 0 Å². The fourth-order valence-electron chi connectivity index (χ4n) is 5.31. The van der Waals surface area contributed by atoms with Gasteiger partial charge in [-0.15, -0.1) is 0 Å². The molecule has 0 fully saturated rings. The van der Waals surface area contributed by atoms with E-state index in [2.05, 4.69) is 14.5 Å². The molecule has 0 radical (unpaired) electrons. The highest BCUT2D eigenvalue weighted by Crippen LogP contribution is 2.56. The van der Waals surface area contributed by atoms with Gasteiger partial charge in [0.05, 0.1) is 49.1 Å². The number of halogens is 4. The predicted molar refractivity (Wildman–Crippen MR) is 148 cm³/mol. The summed E-state index contributed by atoms with van der Waals surface area (Å²) in [6, 6.07) is 13.9. The van der Waals surface area contributed by atoms with Crippen molar-refractivity contribution >= 4 is 33.6 Å². The van der Waals surface area contributed by atoms with Crippen molar-refractivity contribution in [2.75, 3.05) is 0 Å². The lowest BCUT2D eigenvalue weighted by Gasteiger charge is -2.14. The molecule has 5 rings (SSSR count). The van der Waals surface area contributed by atoms with Gasteiger partial charge in [0.1, 0.15) is 6.07 Å². The third-order valence-electron chi connectivity index (χ3n) is 7.00. The van der Waals surface area contributed by atoms with E-state index in [0.717, 1.165) is 36.4 Å². The van der Waals surface area contributed by atoms with Crippen molar-refractivity contribution in [2.24, 2.45) is 0 Å². The summed E-state index contributed by atoms with van der Waals surface area (Å²) in [6.07, 6.45) is 0. The Morgan fingerprint density at radius 2 is 1.16 bits per heavy atom. The molecule has 0 saturated carbocycles. The molecule has 0 saturated heterocycles. The van der Waals surface area contributed by atoms with Crippen LogP contribution in [0.3, 0.4) is 0 Å². The summed E-state index contributed by atoms with van der Waals surface area (Å²) in [7, 11) is 0. The van der Waals surface area contributed by atoms with E-state index in [4.69, 9.17) is 19.7 Å². The van der Waals surface area contributed by atoms with Crippen molar-refractivity contribution in [3.05, 3.63) is 150 Å². The maximum absolute atomic E-state index is 14.4. The third kappa shape index (κ3) is 3.90. The second kappa shape index (κ2) is 10.6. The zero-order valence-corrected chi connectivity index (χ0v) is 21.7. The van der Waals surface area contributed by atoms with Gasteiger partial charge in [-0.25, -0.2) is 42.6 Å². The van der Waals surface area contributed by atoms with Crippen LogP contribution >= 0.6 is 0 Å². The van der Waals surface area contributed by atoms with Crippen LogP contribution in [-0.2, 0) is 0 Å². The molecule has 2 aliphatic carbocycles. The van der Waals surface area contributed by atoms with Crippen LogP contribution in [0.15, 0.2) is 53.9 Å². The first-order valence-corrected chi connectivity index (χ1v) is 12.0. The molecule has 0 aromatic heterocycles. The van der Waals surface area contributed by atoms with Crippen molar-refractivity contribution in [1.82, 2.24) is 0 Å². The van der Waals surface area contributed by atoms with Crippen molar-refractivity contribution < 1.29 is 17.6 Å². The summed E-state index contributed by atoms with van der Waals surface area (Å²) in [5.41, 5.74) is -3.37. The van der Waals surface area contributed by atoms with E-state index >= 15 is 0 Å². The van der Waals surface area contributed by atoms with E-state index in [9.17, 15) is 38.6 Å². The molecule has 7 nitrogen and oxygen atoms in total. The van der Waals surface area contributed by atoms with Gasteiger partial charge in [-0.3, -0.25) is 0 Å². The smallest absolute Gasteiger partial charge is 0.237 e. The molecule has 44 heavy (non-hydrogen) atoms. The Balaban J connectivity index is 2.02. The van der Waals surface area contributed by atoms with Crippen molar-refractivity contribution in [3.63, 3.8) is 0 Å². The quantitative estimate of drug-likeness (QED) is 0.177. The summed E-state index contributed by atoms with van der Waals surface area (Å²) in [5.74, 6) is -4.98. The Kier molecular flexibility index (Phi) is 6.84. The van der Waals surface area contributed by atoms with E-state index < -0.39 is 34.7 Å². The highest BCUT2D eigenvalue weighted by atomic mass is 19.2. The second-order valence-corrected chi connectivity index (χ2v) is 9.06. The fraction of sp³-hybridized carbons (Fsp3) is 0. The average molecular weight is 577 g/mol. The molecule has 0 amide bonds. The van der Waals surface area contributed by atoms with E-state index in [1.807, 2.05) is 12.1 Å². The van der Waals surface area contributed by atoms with Crippen LogP contribution in [0.1, 0.15) is 38.9 Å². The van der Waals surface area contributed by atoms with Crippen LogP contribution in [0.5, 0.6) is 0 Å². The van der Waals surface area contributed by atoms with Gasteiger partial charge in [0.2, 0.25) is 5.70 Å². The Morgan fingerprint density at radius 3 is 1.61 bits per heavy atom. The van der Waals surface area contributed by atoms with Gasteiger partial charge < -0.3 is 0 Å². The van der Waals surface area contributed by atoms with Gasteiger partial charge in [0.15, 0.2) is 23.3 Å². The van der Waals surface area contributed by atoms with Gasteiger partial charge in [-0.05, 0) is 69.3 Å². The lowest BCUT2D eigenvalue weighted by Crippen LogP contribution is -2.00. The molecule has 0 bridgehead atoms. The summed E-state index contributed by atoms with van der Waals surface area (Å²) in [5, 5.41) is 40.5. The van der Waals surface area contributed by atoms with Gasteiger partial charge in [0, 0.05) is 16.7 Å². The molecule has 0 atom stereocenters. The van der Waals surface area contributed by atoms with Crippen LogP contribution in [0.2, 0.25) is 0 Å². The minimum absolute atomic E-state index is 0.0430. The number of rotatable bonds is 2. The lowest BCUT2D eigenvalue weighted by molar-refractivity contribution is 0.508. The maximum Gasteiger partial charge on any atom is 0.270 e. The minimum atomic E-state index is -1.29. The van der Waals surface area contributed by atoms with Crippen molar-refractivity contribution in [1.29, 1.82) is 21.0 Å². The molecule has 3 aromatic carbocycles. The van der Waals surface area contributed by atoms with Crippen molar-refractivity contribution in [3.8, 4) is 24.3 Å². The molecule has 0 unspecified atom stereocenters. The number of hydrogen-bond donors (Lipinski definition) is 0. The first-order valence-electron chi connectivity index (χ1n) is 12.0. The van der Waals surface area contributed by atoms with Gasteiger partial charge in [-0.1, -0.05) is 12.1 Å². The Morgan fingerprint density at radius 1 is 0.614 bits per heavy atom. The van der Waals surface area contributed by atoms with Crippen LogP contribution in [0.25, 0.3) is 48.1 Å². The second-order valence-electron chi connectivity index (χ2n) is 9.06. The standard InChI is InChI=1S/C33H7F4N7/c1-42-25(13-40)31-18-10-17-19(11-38)27(15-4-6-21(34)23(36)8-15)32(26(14-41)43-2)29(17)20(12-39)30(18)33(44-3)28(31)16-5-7-22(35)24(37)9-16/h4-10H/b31-25-,32-26-. The van der Waals surface area contributed by atoms with E-state index in [1.54, 1.807) is 12.1 Å². The molecule has 202 valence electrons. The average Bonchev–Trinajstić information content (AvgIpc) is 3.53. The molecule has 0 heterocycles. The van der Waals surface area contributed by atoms with E-state index in [0.29, 0.717) is 0 Å². The predicted octanol–water partition coefficient (Wildman–Crippen LogP) is 7.67. The molecule has 2 aliphatic rings. The molecule has 0 aliphatic heterocycles.